The van der Waals surface area contributed by atoms with Gasteiger partial charge in [0.25, 0.3) is 0 Å². The molecule has 0 unspecified atom stereocenters. The molecule has 0 aliphatic heterocycles. The van der Waals surface area contributed by atoms with Gasteiger partial charge in [-0.2, -0.15) is 0 Å². The number of esters is 1. The predicted octanol–water partition coefficient (Wildman–Crippen LogP) is 4.79. The van der Waals surface area contributed by atoms with Crippen molar-refractivity contribution in [3.63, 3.8) is 0 Å². The molecule has 4 rings (SSSR count). The smallest absolute Gasteiger partial charge is 0.338 e. The van der Waals surface area contributed by atoms with Crippen LogP contribution in [-0.2, 0) is 4.79 Å². The summed E-state index contributed by atoms with van der Waals surface area (Å²) < 4.78 is 5.43. The first-order valence-corrected chi connectivity index (χ1v) is 12.0. The van der Waals surface area contributed by atoms with Crippen molar-refractivity contribution in [2.24, 2.45) is 0 Å². The summed E-state index contributed by atoms with van der Waals surface area (Å²) in [5.74, 6) is 0.104. The molecule has 0 heterocycles. The Balaban J connectivity index is 1.95. The Labute approximate surface area is 184 Å². The zero-order valence-corrected chi connectivity index (χ0v) is 18.3. The molecule has 31 heavy (non-hydrogen) atoms. The molecule has 0 spiro atoms. The second kappa shape index (κ2) is 9.12. The fourth-order valence-electron chi connectivity index (χ4n) is 3.78. The Morgan fingerprint density at radius 2 is 0.968 bits per heavy atom. The van der Waals surface area contributed by atoms with Gasteiger partial charge < -0.3 is 4.74 Å². The summed E-state index contributed by atoms with van der Waals surface area (Å²) in [5, 5.41) is 5.03. The van der Waals surface area contributed by atoms with Crippen LogP contribution in [0, 0.1) is 0 Å². The predicted molar refractivity (Wildman–Crippen MR) is 132 cm³/mol. The van der Waals surface area contributed by atoms with E-state index in [1.54, 1.807) is 6.92 Å². The van der Waals surface area contributed by atoms with E-state index in [1.807, 2.05) is 30.3 Å². The lowest BCUT2D eigenvalue weighted by atomic mass is 10.3. The van der Waals surface area contributed by atoms with E-state index >= 15 is 0 Å². The van der Waals surface area contributed by atoms with E-state index in [4.69, 9.17) is 4.74 Å². The van der Waals surface area contributed by atoms with E-state index in [2.05, 4.69) is 91.5 Å². The molecule has 0 amide bonds. The van der Waals surface area contributed by atoms with Crippen LogP contribution in [0.4, 0.5) is 0 Å². The minimum Gasteiger partial charge on any atom is -0.423 e. The van der Waals surface area contributed by atoms with Crippen LogP contribution < -0.4 is 26.0 Å². The molecule has 0 aliphatic carbocycles. The maximum absolute atomic E-state index is 11.9. The minimum absolute atomic E-state index is 0.379. The Hall–Kier alpha value is -3.48. The van der Waals surface area contributed by atoms with Gasteiger partial charge in [0.05, 0.1) is 0 Å². The van der Waals surface area contributed by atoms with Crippen molar-refractivity contribution in [1.82, 2.24) is 0 Å². The largest absolute Gasteiger partial charge is 0.423 e. The molecule has 3 heteroatoms. The highest BCUT2D eigenvalue weighted by Crippen LogP contribution is 2.54. The highest BCUT2D eigenvalue weighted by atomic mass is 31.2. The lowest BCUT2D eigenvalue weighted by molar-refractivity contribution is -0.130. The highest BCUT2D eigenvalue weighted by molar-refractivity contribution is 8.01. The molecule has 0 bridgehead atoms. The number of hydrogen-bond acceptors (Lipinski definition) is 2. The van der Waals surface area contributed by atoms with Crippen LogP contribution in [0.3, 0.4) is 0 Å². The summed E-state index contributed by atoms with van der Waals surface area (Å²) in [5.41, 5.74) is 0.379. The van der Waals surface area contributed by atoms with Gasteiger partial charge in [0.15, 0.2) is 0 Å². The topological polar surface area (TPSA) is 26.3 Å². The lowest BCUT2D eigenvalue weighted by Gasteiger charge is -2.27. The average molecular weight is 423 g/mol. The average Bonchev–Trinajstić information content (AvgIpc) is 2.83. The first-order chi connectivity index (χ1) is 15.1. The van der Waals surface area contributed by atoms with Gasteiger partial charge in [0, 0.05) is 5.57 Å². The standard InChI is InChI=1S/C28H24O2P/c1-22(2)28(29)30-23-18-20-27(21-19-23)31(24-12-6-3-7-13-24,25-14-8-4-9-15-25)26-16-10-5-11-17-26/h3-21H,1H2,2H3/q+1. The van der Waals surface area contributed by atoms with E-state index in [0.29, 0.717) is 11.3 Å². The van der Waals surface area contributed by atoms with Gasteiger partial charge in [0.1, 0.15) is 34.2 Å². The number of carbonyl (C=O) groups is 1. The van der Waals surface area contributed by atoms with Crippen molar-refractivity contribution >= 4 is 34.4 Å². The fraction of sp³-hybridized carbons (Fsp3) is 0.0357. The number of hydrogen-bond donors (Lipinski definition) is 0. The first-order valence-electron chi connectivity index (χ1n) is 10.2. The number of carbonyl (C=O) groups excluding carboxylic acids is 1. The molecule has 4 aromatic rings. The number of rotatable bonds is 6. The quantitative estimate of drug-likeness (QED) is 0.193. The molecule has 0 saturated heterocycles. The Kier molecular flexibility index (Phi) is 6.11. The monoisotopic (exact) mass is 423 g/mol. The number of ether oxygens (including phenoxy) is 1. The minimum atomic E-state index is -2.14. The zero-order valence-electron chi connectivity index (χ0n) is 17.4. The van der Waals surface area contributed by atoms with Crippen LogP contribution in [0.1, 0.15) is 6.92 Å². The third kappa shape index (κ3) is 4.08. The van der Waals surface area contributed by atoms with Crippen LogP contribution in [0.5, 0.6) is 5.75 Å². The van der Waals surface area contributed by atoms with Gasteiger partial charge in [-0.25, -0.2) is 4.79 Å². The Morgan fingerprint density at radius 3 is 1.32 bits per heavy atom. The van der Waals surface area contributed by atoms with Crippen molar-refractivity contribution in [2.75, 3.05) is 0 Å². The van der Waals surface area contributed by atoms with Crippen LogP contribution in [-0.4, -0.2) is 5.97 Å². The van der Waals surface area contributed by atoms with Gasteiger partial charge in [-0.1, -0.05) is 61.2 Å². The molecule has 152 valence electrons. The Bertz CT molecular complexity index is 1070. The van der Waals surface area contributed by atoms with Crippen molar-refractivity contribution < 1.29 is 9.53 Å². The Morgan fingerprint density at radius 1 is 0.613 bits per heavy atom. The third-order valence-corrected chi connectivity index (χ3v) is 9.50. The molecule has 0 aromatic heterocycles. The van der Waals surface area contributed by atoms with E-state index in [0.717, 1.165) is 0 Å². The fourth-order valence-corrected chi connectivity index (χ4v) is 8.02. The molecule has 0 N–H and O–H groups in total. The van der Waals surface area contributed by atoms with Crippen molar-refractivity contribution in [2.45, 2.75) is 6.92 Å². The van der Waals surface area contributed by atoms with Crippen molar-refractivity contribution in [3.8, 4) is 5.75 Å². The van der Waals surface area contributed by atoms with Crippen molar-refractivity contribution in [3.05, 3.63) is 127 Å². The van der Waals surface area contributed by atoms with E-state index in [1.165, 1.54) is 21.2 Å². The molecule has 2 nitrogen and oxygen atoms in total. The summed E-state index contributed by atoms with van der Waals surface area (Å²) in [6.07, 6.45) is 0. The summed E-state index contributed by atoms with van der Waals surface area (Å²) >= 11 is 0. The first kappa shape index (κ1) is 20.8. The summed E-state index contributed by atoms with van der Waals surface area (Å²) in [4.78, 5) is 11.9. The van der Waals surface area contributed by atoms with Gasteiger partial charge in [-0.15, -0.1) is 0 Å². The third-order valence-electron chi connectivity index (χ3n) is 5.21. The molecular formula is C28H24O2P+. The molecule has 0 fully saturated rings. The molecule has 0 aliphatic rings. The molecular weight excluding hydrogens is 399 g/mol. The van der Waals surface area contributed by atoms with Gasteiger partial charge in [0.2, 0.25) is 0 Å². The zero-order chi connectivity index (χ0) is 21.7. The molecule has 4 aromatic carbocycles. The molecule has 0 saturated carbocycles. The van der Waals surface area contributed by atoms with Gasteiger partial charge >= 0.3 is 5.97 Å². The molecule has 0 radical (unpaired) electrons. The van der Waals surface area contributed by atoms with E-state index in [9.17, 15) is 4.79 Å². The van der Waals surface area contributed by atoms with Crippen LogP contribution in [0.15, 0.2) is 127 Å². The maximum Gasteiger partial charge on any atom is 0.338 e. The van der Waals surface area contributed by atoms with E-state index < -0.39 is 13.2 Å². The maximum atomic E-state index is 11.9. The van der Waals surface area contributed by atoms with E-state index in [-0.39, 0.29) is 0 Å². The lowest BCUT2D eigenvalue weighted by Crippen LogP contribution is -2.38. The highest BCUT2D eigenvalue weighted by Gasteiger charge is 2.47. The summed E-state index contributed by atoms with van der Waals surface area (Å²) in [6.45, 7) is 5.30. The normalized spacial score (nSPS) is 11.0. The van der Waals surface area contributed by atoms with Crippen LogP contribution in [0.2, 0.25) is 0 Å². The van der Waals surface area contributed by atoms with Crippen LogP contribution in [0.25, 0.3) is 0 Å². The van der Waals surface area contributed by atoms with Crippen LogP contribution >= 0.6 is 7.26 Å². The van der Waals surface area contributed by atoms with Crippen molar-refractivity contribution in [1.29, 1.82) is 0 Å². The second-order valence-corrected chi connectivity index (χ2v) is 10.7. The number of benzene rings is 4. The summed E-state index contributed by atoms with van der Waals surface area (Å²) in [7, 11) is -2.14. The van der Waals surface area contributed by atoms with Gasteiger partial charge in [-0.3, -0.25) is 0 Å². The van der Waals surface area contributed by atoms with Gasteiger partial charge in [-0.05, 0) is 67.6 Å². The summed E-state index contributed by atoms with van der Waals surface area (Å²) in [6, 6.07) is 39.9. The SMILES string of the molecule is C=C(C)C(=O)Oc1ccc([P+](c2ccccc2)(c2ccccc2)c2ccccc2)cc1. The molecule has 0 atom stereocenters. The second-order valence-electron chi connectivity index (χ2n) is 7.34.